The molecule has 0 fully saturated rings. The van der Waals surface area contributed by atoms with Crippen molar-refractivity contribution >= 4 is 5.78 Å². The number of ether oxygens (including phenoxy) is 3. The van der Waals surface area contributed by atoms with Gasteiger partial charge in [0.15, 0.2) is 17.3 Å². The summed E-state index contributed by atoms with van der Waals surface area (Å²) in [7, 11) is 1.58. The lowest BCUT2D eigenvalue weighted by Crippen LogP contribution is -2.33. The van der Waals surface area contributed by atoms with Gasteiger partial charge in [-0.2, -0.15) is 5.26 Å². The molecule has 0 saturated carbocycles. The summed E-state index contributed by atoms with van der Waals surface area (Å²) in [6.45, 7) is 10.7. The Kier molecular flexibility index (Phi) is 6.38. The summed E-state index contributed by atoms with van der Waals surface area (Å²) in [6, 6.07) is 12.0. The van der Waals surface area contributed by atoms with Crippen molar-refractivity contribution < 1.29 is 19.0 Å². The van der Waals surface area contributed by atoms with Crippen molar-refractivity contribution in [1.82, 2.24) is 0 Å². The first-order chi connectivity index (χ1) is 16.5. The molecule has 0 amide bonds. The Balaban J connectivity index is 1.71. The molecule has 0 saturated heterocycles. The summed E-state index contributed by atoms with van der Waals surface area (Å²) >= 11 is 0. The highest BCUT2D eigenvalue weighted by atomic mass is 16.5. The molecule has 1 aliphatic heterocycles. The number of carbonyl (C=O) groups excluding carboxylic acids is 1. The molecule has 6 heteroatoms. The zero-order valence-corrected chi connectivity index (χ0v) is 21.2. The number of benzene rings is 2. The molecular formula is C29H32N2O4. The fraction of sp³-hybridized carbons (Fsp3) is 0.379. The first-order valence-corrected chi connectivity index (χ1v) is 11.8. The van der Waals surface area contributed by atoms with Crippen LogP contribution < -0.4 is 15.2 Å². The Morgan fingerprint density at radius 2 is 1.80 bits per heavy atom. The molecule has 0 aromatic heterocycles. The molecule has 2 aliphatic rings. The third-order valence-electron chi connectivity index (χ3n) is 6.81. The average molecular weight is 473 g/mol. The highest BCUT2D eigenvalue weighted by molar-refractivity contribution is 6.00. The Morgan fingerprint density at radius 1 is 1.11 bits per heavy atom. The quantitative estimate of drug-likeness (QED) is 0.604. The molecule has 0 spiro atoms. The second-order valence-corrected chi connectivity index (χ2v) is 10.3. The van der Waals surface area contributed by atoms with E-state index in [4.69, 9.17) is 19.9 Å². The maximum Gasteiger partial charge on any atom is 0.205 e. The summed E-state index contributed by atoms with van der Waals surface area (Å²) in [6.07, 6.45) is 0.968. The van der Waals surface area contributed by atoms with Crippen LogP contribution in [-0.2, 0) is 16.1 Å². The second kappa shape index (κ2) is 9.14. The van der Waals surface area contributed by atoms with Gasteiger partial charge in [0.25, 0.3) is 0 Å². The maximum absolute atomic E-state index is 13.2. The minimum absolute atomic E-state index is 0.0221. The van der Waals surface area contributed by atoms with Gasteiger partial charge in [0.05, 0.1) is 13.0 Å². The third kappa shape index (κ3) is 4.64. The zero-order chi connectivity index (χ0) is 25.5. The van der Waals surface area contributed by atoms with Crippen molar-refractivity contribution in [1.29, 1.82) is 5.26 Å². The van der Waals surface area contributed by atoms with Crippen LogP contribution in [0.25, 0.3) is 0 Å². The van der Waals surface area contributed by atoms with Crippen LogP contribution in [0, 0.1) is 37.5 Å². The fourth-order valence-electron chi connectivity index (χ4n) is 5.19. The van der Waals surface area contributed by atoms with E-state index in [1.807, 2.05) is 32.0 Å². The number of ketones is 1. The van der Waals surface area contributed by atoms with Gasteiger partial charge in [0.1, 0.15) is 24.0 Å². The molecule has 2 N–H and O–H groups in total. The van der Waals surface area contributed by atoms with Gasteiger partial charge in [0.2, 0.25) is 5.88 Å². The van der Waals surface area contributed by atoms with E-state index in [9.17, 15) is 10.1 Å². The number of methoxy groups -OCH3 is 1. The molecule has 0 radical (unpaired) electrons. The number of nitrogens with two attached hydrogens (primary N) is 1. The molecule has 1 atom stereocenters. The van der Waals surface area contributed by atoms with E-state index in [0.29, 0.717) is 42.3 Å². The molecule has 35 heavy (non-hydrogen) atoms. The van der Waals surface area contributed by atoms with E-state index in [2.05, 4.69) is 39.0 Å². The van der Waals surface area contributed by atoms with E-state index in [1.54, 1.807) is 7.11 Å². The lowest BCUT2D eigenvalue weighted by molar-refractivity contribution is -0.119. The normalized spacial score (nSPS) is 19.1. The topological polar surface area (TPSA) is 94.6 Å². The minimum Gasteiger partial charge on any atom is -0.493 e. The van der Waals surface area contributed by atoms with Crippen LogP contribution in [0.2, 0.25) is 0 Å². The number of aryl methyl sites for hydroxylation is 3. The number of rotatable bonds is 5. The Morgan fingerprint density at radius 3 is 2.43 bits per heavy atom. The van der Waals surface area contributed by atoms with Crippen molar-refractivity contribution in [2.24, 2.45) is 11.1 Å². The summed E-state index contributed by atoms with van der Waals surface area (Å²) < 4.78 is 17.6. The van der Waals surface area contributed by atoms with Crippen molar-refractivity contribution in [2.75, 3.05) is 7.11 Å². The van der Waals surface area contributed by atoms with Crippen molar-refractivity contribution in [3.05, 3.63) is 80.9 Å². The zero-order valence-electron chi connectivity index (χ0n) is 21.2. The van der Waals surface area contributed by atoms with Crippen LogP contribution in [0.1, 0.15) is 60.4 Å². The van der Waals surface area contributed by atoms with Gasteiger partial charge in [-0.1, -0.05) is 37.6 Å². The SMILES string of the molecule is COc1cc([C@@H]2C(C#N)=C(N)OC3=C2C(=O)CC(C)(C)C3)ccc1OCc1c(C)cc(C)cc1C. The number of allylic oxidation sites excluding steroid dienone is 3. The lowest BCUT2D eigenvalue weighted by Gasteiger charge is -2.37. The maximum atomic E-state index is 13.2. The van der Waals surface area contributed by atoms with E-state index >= 15 is 0 Å². The largest absolute Gasteiger partial charge is 0.493 e. The molecule has 2 aromatic rings. The van der Waals surface area contributed by atoms with Gasteiger partial charge in [-0.05, 0) is 60.6 Å². The molecule has 2 aromatic carbocycles. The summed E-state index contributed by atoms with van der Waals surface area (Å²) in [5.74, 6) is 1.09. The Labute approximate surface area is 207 Å². The van der Waals surface area contributed by atoms with Gasteiger partial charge in [0, 0.05) is 18.4 Å². The molecular weight excluding hydrogens is 440 g/mol. The standard InChI is InChI=1S/C29H32N2O4/c1-16-9-17(2)21(18(3)10-16)15-34-23-8-7-19(11-24(23)33-6)26-20(14-30)28(31)35-25-13-29(4,5)12-22(32)27(25)26/h7-11,26H,12-13,15,31H2,1-6H3/t26-/m1/s1. The van der Waals surface area contributed by atoms with Crippen molar-refractivity contribution in [3.8, 4) is 17.6 Å². The Hall–Kier alpha value is -3.72. The number of Topliss-reactive ketones (excluding diaryl/α,β-unsaturated/α-hetero) is 1. The number of hydrogen-bond donors (Lipinski definition) is 1. The van der Waals surface area contributed by atoms with Crippen molar-refractivity contribution in [2.45, 2.75) is 60.0 Å². The van der Waals surface area contributed by atoms with Crippen molar-refractivity contribution in [3.63, 3.8) is 0 Å². The molecule has 4 rings (SSSR count). The fourth-order valence-corrected chi connectivity index (χ4v) is 5.19. The molecule has 1 aliphatic carbocycles. The van der Waals surface area contributed by atoms with Gasteiger partial charge >= 0.3 is 0 Å². The van der Waals surface area contributed by atoms with Gasteiger partial charge in [-0.15, -0.1) is 0 Å². The van der Waals surface area contributed by atoms with Crippen LogP contribution in [0.3, 0.4) is 0 Å². The van der Waals surface area contributed by atoms with Gasteiger partial charge in [-0.25, -0.2) is 0 Å². The van der Waals surface area contributed by atoms with E-state index in [-0.39, 0.29) is 22.7 Å². The number of carbonyl (C=O) groups is 1. The van der Waals surface area contributed by atoms with Crippen LogP contribution in [0.4, 0.5) is 0 Å². The summed E-state index contributed by atoms with van der Waals surface area (Å²) in [5, 5.41) is 9.88. The second-order valence-electron chi connectivity index (χ2n) is 10.3. The molecule has 1 heterocycles. The van der Waals surface area contributed by atoms with E-state index in [0.717, 1.165) is 11.1 Å². The first-order valence-electron chi connectivity index (χ1n) is 11.8. The molecule has 0 unspecified atom stereocenters. The monoisotopic (exact) mass is 472 g/mol. The number of nitrogens with zero attached hydrogens (tertiary/aromatic N) is 1. The lowest BCUT2D eigenvalue weighted by atomic mass is 9.70. The van der Waals surface area contributed by atoms with Crippen LogP contribution >= 0.6 is 0 Å². The molecule has 6 nitrogen and oxygen atoms in total. The summed E-state index contributed by atoms with van der Waals surface area (Å²) in [4.78, 5) is 13.2. The Bertz CT molecular complexity index is 1290. The van der Waals surface area contributed by atoms with E-state index < -0.39 is 5.92 Å². The van der Waals surface area contributed by atoms with Crippen LogP contribution in [0.15, 0.2) is 53.1 Å². The number of nitriles is 1. The first kappa shape index (κ1) is 24.4. The number of hydrogen-bond acceptors (Lipinski definition) is 6. The average Bonchev–Trinajstić information content (AvgIpc) is 2.76. The van der Waals surface area contributed by atoms with Crippen LogP contribution in [-0.4, -0.2) is 12.9 Å². The van der Waals surface area contributed by atoms with E-state index in [1.165, 1.54) is 16.7 Å². The highest BCUT2D eigenvalue weighted by Gasteiger charge is 2.43. The van der Waals surface area contributed by atoms with Gasteiger partial charge in [-0.3, -0.25) is 4.79 Å². The predicted molar refractivity (Wildman–Crippen MR) is 134 cm³/mol. The predicted octanol–water partition coefficient (Wildman–Crippen LogP) is 5.65. The summed E-state index contributed by atoms with van der Waals surface area (Å²) in [5.41, 5.74) is 12.1. The highest BCUT2D eigenvalue weighted by Crippen LogP contribution is 2.48. The van der Waals surface area contributed by atoms with Gasteiger partial charge < -0.3 is 19.9 Å². The molecule has 182 valence electrons. The van der Waals surface area contributed by atoms with Crippen LogP contribution in [0.5, 0.6) is 11.5 Å². The molecule has 0 bridgehead atoms. The third-order valence-corrected chi connectivity index (χ3v) is 6.81. The smallest absolute Gasteiger partial charge is 0.205 e. The minimum atomic E-state index is -0.600.